The minimum absolute atomic E-state index is 0.0135. The van der Waals surface area contributed by atoms with Crippen molar-refractivity contribution in [3.63, 3.8) is 0 Å². The lowest BCUT2D eigenvalue weighted by molar-refractivity contribution is -0.142. The molecule has 2 N–H and O–H groups in total. The maximum atomic E-state index is 12.4. The molecule has 0 saturated heterocycles. The Balaban J connectivity index is 1.71. The van der Waals surface area contributed by atoms with E-state index in [1.165, 1.54) is 11.3 Å². The number of carbonyl (C=O) groups excluding carboxylic acids is 1. The Labute approximate surface area is 171 Å². The fourth-order valence-corrected chi connectivity index (χ4v) is 3.62. The molecule has 0 fully saturated rings. The number of carboxylic acids is 1. The summed E-state index contributed by atoms with van der Waals surface area (Å²) >= 11 is 1.40. The van der Waals surface area contributed by atoms with Gasteiger partial charge in [-0.25, -0.2) is 9.78 Å². The highest BCUT2D eigenvalue weighted by molar-refractivity contribution is 7.13. The molecule has 3 rings (SSSR count). The summed E-state index contributed by atoms with van der Waals surface area (Å²) in [6, 6.07) is 12.9. The number of amides is 1. The number of carbonyl (C=O) groups is 2. The second-order valence-electron chi connectivity index (χ2n) is 6.14. The number of hydrogen-bond acceptors (Lipinski definition) is 6. The number of carboxylic acid groups (broad SMARTS) is 1. The molecule has 1 atom stereocenters. The zero-order chi connectivity index (χ0) is 20.8. The predicted molar refractivity (Wildman–Crippen MR) is 109 cm³/mol. The van der Waals surface area contributed by atoms with Crippen LogP contribution in [0, 0.1) is 0 Å². The van der Waals surface area contributed by atoms with Crippen LogP contribution < -0.4 is 14.8 Å². The summed E-state index contributed by atoms with van der Waals surface area (Å²) in [5.74, 6) is -0.320. The molecule has 150 valence electrons. The van der Waals surface area contributed by atoms with Gasteiger partial charge in [0.15, 0.2) is 17.5 Å². The van der Waals surface area contributed by atoms with E-state index in [0.717, 1.165) is 10.6 Å². The highest BCUT2D eigenvalue weighted by Gasteiger charge is 2.22. The van der Waals surface area contributed by atoms with E-state index in [-0.39, 0.29) is 6.42 Å². The first-order valence-electron chi connectivity index (χ1n) is 8.75. The molecule has 0 unspecified atom stereocenters. The van der Waals surface area contributed by atoms with E-state index >= 15 is 0 Å². The van der Waals surface area contributed by atoms with Crippen LogP contribution in [-0.2, 0) is 16.0 Å². The van der Waals surface area contributed by atoms with E-state index in [4.69, 9.17) is 9.47 Å². The number of thiazole rings is 1. The number of ether oxygens (including phenoxy) is 2. The van der Waals surface area contributed by atoms with Crippen molar-refractivity contribution in [1.29, 1.82) is 0 Å². The van der Waals surface area contributed by atoms with Gasteiger partial charge in [-0.2, -0.15) is 0 Å². The van der Waals surface area contributed by atoms with Gasteiger partial charge in [0.1, 0.15) is 5.01 Å². The van der Waals surface area contributed by atoms with Crippen molar-refractivity contribution in [2.75, 3.05) is 14.2 Å². The highest BCUT2D eigenvalue weighted by Crippen LogP contribution is 2.33. The summed E-state index contributed by atoms with van der Waals surface area (Å²) in [7, 11) is 3.13. The molecule has 0 aliphatic rings. The Morgan fingerprint density at radius 2 is 1.83 bits per heavy atom. The fourth-order valence-electron chi connectivity index (χ4n) is 2.80. The van der Waals surface area contributed by atoms with Gasteiger partial charge < -0.3 is 19.9 Å². The van der Waals surface area contributed by atoms with Crippen molar-refractivity contribution >= 4 is 23.2 Å². The van der Waals surface area contributed by atoms with Crippen molar-refractivity contribution in [3.05, 3.63) is 65.2 Å². The molecule has 29 heavy (non-hydrogen) atoms. The summed E-state index contributed by atoms with van der Waals surface area (Å²) in [5.41, 5.74) is 1.92. The van der Waals surface area contributed by atoms with Gasteiger partial charge in [-0.1, -0.05) is 30.3 Å². The Morgan fingerprint density at radius 1 is 1.10 bits per heavy atom. The van der Waals surface area contributed by atoms with Gasteiger partial charge in [-0.3, -0.25) is 4.79 Å². The third-order valence-electron chi connectivity index (χ3n) is 4.21. The molecular formula is C21H20N2O5S. The smallest absolute Gasteiger partial charge is 0.330 e. The Bertz CT molecular complexity index is 1000. The summed E-state index contributed by atoms with van der Waals surface area (Å²) in [5, 5.41) is 14.5. The SMILES string of the molecule is COc1ccc(-c2nc(CC(=O)N[C@@H](C(=O)O)c3ccccc3)cs2)cc1OC. The van der Waals surface area contributed by atoms with Gasteiger partial charge in [0.2, 0.25) is 5.91 Å². The van der Waals surface area contributed by atoms with Gasteiger partial charge >= 0.3 is 5.97 Å². The first-order chi connectivity index (χ1) is 14.0. The molecular weight excluding hydrogens is 392 g/mol. The molecule has 0 saturated carbocycles. The molecule has 0 aliphatic heterocycles. The lowest BCUT2D eigenvalue weighted by atomic mass is 10.1. The van der Waals surface area contributed by atoms with Gasteiger partial charge in [0, 0.05) is 10.9 Å². The molecule has 0 radical (unpaired) electrons. The molecule has 0 bridgehead atoms. The molecule has 8 heteroatoms. The number of hydrogen-bond donors (Lipinski definition) is 2. The third-order valence-corrected chi connectivity index (χ3v) is 5.15. The standard InChI is InChI=1S/C21H20N2O5S/c1-27-16-9-8-14(10-17(16)28-2)20-22-15(12-29-20)11-18(24)23-19(21(25)26)13-6-4-3-5-7-13/h3-10,12,19H,11H2,1-2H3,(H,23,24)(H,25,26)/t19-/m1/s1. The number of benzene rings is 2. The zero-order valence-corrected chi connectivity index (χ0v) is 16.7. The average molecular weight is 412 g/mol. The van der Waals surface area contributed by atoms with Crippen molar-refractivity contribution in [3.8, 4) is 22.1 Å². The van der Waals surface area contributed by atoms with Crippen molar-refractivity contribution in [2.24, 2.45) is 0 Å². The fraction of sp³-hybridized carbons (Fsp3) is 0.190. The topological polar surface area (TPSA) is 97.8 Å². The quantitative estimate of drug-likeness (QED) is 0.589. The normalized spacial score (nSPS) is 11.5. The first kappa shape index (κ1) is 20.3. The third kappa shape index (κ3) is 4.91. The van der Waals surface area contributed by atoms with Crippen LogP contribution in [0.5, 0.6) is 11.5 Å². The Kier molecular flexibility index (Phi) is 6.46. The second-order valence-corrected chi connectivity index (χ2v) is 7.00. The molecule has 1 heterocycles. The van der Waals surface area contributed by atoms with E-state index in [9.17, 15) is 14.7 Å². The van der Waals surface area contributed by atoms with Crippen molar-refractivity contribution < 1.29 is 24.2 Å². The van der Waals surface area contributed by atoms with E-state index in [1.54, 1.807) is 56.0 Å². The zero-order valence-electron chi connectivity index (χ0n) is 15.9. The van der Waals surface area contributed by atoms with Gasteiger partial charge in [-0.15, -0.1) is 11.3 Å². The molecule has 1 aromatic heterocycles. The second kappa shape index (κ2) is 9.20. The van der Waals surface area contributed by atoms with Gasteiger partial charge in [0.25, 0.3) is 0 Å². The summed E-state index contributed by atoms with van der Waals surface area (Å²) in [6.45, 7) is 0. The van der Waals surface area contributed by atoms with Crippen LogP contribution in [0.3, 0.4) is 0 Å². The maximum Gasteiger partial charge on any atom is 0.330 e. The lowest BCUT2D eigenvalue weighted by Crippen LogP contribution is -2.34. The van der Waals surface area contributed by atoms with Crippen LogP contribution in [0.15, 0.2) is 53.9 Å². The van der Waals surface area contributed by atoms with Crippen LogP contribution in [0.2, 0.25) is 0 Å². The van der Waals surface area contributed by atoms with Crippen LogP contribution in [0.25, 0.3) is 10.6 Å². The monoisotopic (exact) mass is 412 g/mol. The number of methoxy groups -OCH3 is 2. The Hall–Kier alpha value is -3.39. The average Bonchev–Trinajstić information content (AvgIpc) is 3.20. The van der Waals surface area contributed by atoms with Crippen molar-refractivity contribution in [1.82, 2.24) is 10.3 Å². The van der Waals surface area contributed by atoms with Gasteiger partial charge in [0.05, 0.1) is 26.3 Å². The van der Waals surface area contributed by atoms with Crippen LogP contribution in [0.1, 0.15) is 17.3 Å². The van der Waals surface area contributed by atoms with Crippen molar-refractivity contribution in [2.45, 2.75) is 12.5 Å². The van der Waals surface area contributed by atoms with E-state index in [2.05, 4.69) is 10.3 Å². The molecule has 0 aliphatic carbocycles. The van der Waals surface area contributed by atoms with Crippen LogP contribution in [-0.4, -0.2) is 36.2 Å². The van der Waals surface area contributed by atoms with E-state index in [0.29, 0.717) is 22.8 Å². The van der Waals surface area contributed by atoms with E-state index in [1.807, 2.05) is 12.1 Å². The largest absolute Gasteiger partial charge is 0.493 e. The minimum atomic E-state index is -1.12. The molecule has 0 spiro atoms. The van der Waals surface area contributed by atoms with E-state index < -0.39 is 17.9 Å². The van der Waals surface area contributed by atoms with Crippen LogP contribution in [0.4, 0.5) is 0 Å². The lowest BCUT2D eigenvalue weighted by Gasteiger charge is -2.14. The minimum Gasteiger partial charge on any atom is -0.493 e. The number of nitrogens with zero attached hydrogens (tertiary/aromatic N) is 1. The van der Waals surface area contributed by atoms with Gasteiger partial charge in [-0.05, 0) is 23.8 Å². The molecule has 7 nitrogen and oxygen atoms in total. The first-order valence-corrected chi connectivity index (χ1v) is 9.63. The number of nitrogens with one attached hydrogen (secondary N) is 1. The molecule has 2 aromatic carbocycles. The number of rotatable bonds is 8. The number of aliphatic carboxylic acids is 1. The highest BCUT2D eigenvalue weighted by atomic mass is 32.1. The number of aromatic nitrogens is 1. The predicted octanol–water partition coefficient (Wildman–Crippen LogP) is 3.31. The summed E-state index contributed by atoms with van der Waals surface area (Å²) in [6.07, 6.45) is -0.0135. The molecule has 1 amide bonds. The maximum absolute atomic E-state index is 12.4. The molecule has 3 aromatic rings. The summed E-state index contributed by atoms with van der Waals surface area (Å²) < 4.78 is 10.5. The summed E-state index contributed by atoms with van der Waals surface area (Å²) in [4.78, 5) is 28.4. The van der Waals surface area contributed by atoms with Crippen LogP contribution >= 0.6 is 11.3 Å². The Morgan fingerprint density at radius 3 is 2.48 bits per heavy atom.